The highest BCUT2D eigenvalue weighted by Gasteiger charge is 2.08. The van der Waals surface area contributed by atoms with Gasteiger partial charge in [-0.05, 0) is 43.2 Å². The number of carbonyl (C=O) groups is 1. The monoisotopic (exact) mass is 284 g/mol. The fourth-order valence-corrected chi connectivity index (χ4v) is 2.03. The van der Waals surface area contributed by atoms with Crippen LogP contribution in [0.4, 0.5) is 11.4 Å². The van der Waals surface area contributed by atoms with Crippen LogP contribution in [0.3, 0.4) is 0 Å². The summed E-state index contributed by atoms with van der Waals surface area (Å²) in [6.07, 6.45) is 0.279. The van der Waals surface area contributed by atoms with E-state index in [1.165, 1.54) is 0 Å². The zero-order valence-corrected chi connectivity index (χ0v) is 12.3. The summed E-state index contributed by atoms with van der Waals surface area (Å²) in [6, 6.07) is 13.3. The molecule has 0 bridgehead atoms. The molecule has 2 aromatic rings. The van der Waals surface area contributed by atoms with Crippen molar-refractivity contribution in [3.05, 3.63) is 53.6 Å². The predicted octanol–water partition coefficient (Wildman–Crippen LogP) is 3.29. The van der Waals surface area contributed by atoms with E-state index in [2.05, 4.69) is 5.32 Å². The second kappa shape index (κ2) is 6.79. The third-order valence-electron chi connectivity index (χ3n) is 3.16. The average Bonchev–Trinajstić information content (AvgIpc) is 2.43. The van der Waals surface area contributed by atoms with Gasteiger partial charge in [0.25, 0.3) is 0 Å². The van der Waals surface area contributed by atoms with Crippen molar-refractivity contribution < 1.29 is 9.53 Å². The van der Waals surface area contributed by atoms with E-state index in [0.717, 1.165) is 16.9 Å². The lowest BCUT2D eigenvalue weighted by molar-refractivity contribution is -0.116. The molecule has 2 rings (SSSR count). The number of rotatable bonds is 5. The third kappa shape index (κ3) is 4.24. The van der Waals surface area contributed by atoms with E-state index in [4.69, 9.17) is 10.5 Å². The molecule has 21 heavy (non-hydrogen) atoms. The maximum atomic E-state index is 11.9. The Morgan fingerprint density at radius 1 is 1.19 bits per heavy atom. The summed E-state index contributed by atoms with van der Waals surface area (Å²) in [4.78, 5) is 11.9. The lowest BCUT2D eigenvalue weighted by Crippen LogP contribution is -2.16. The molecule has 0 radical (unpaired) electrons. The van der Waals surface area contributed by atoms with Crippen molar-refractivity contribution in [2.75, 3.05) is 17.7 Å². The highest BCUT2D eigenvalue weighted by molar-refractivity contribution is 5.94. The fourth-order valence-electron chi connectivity index (χ4n) is 2.03. The molecule has 0 spiro atoms. The number of carbonyl (C=O) groups excluding carboxylic acids is 1. The van der Waals surface area contributed by atoms with Crippen LogP contribution < -0.4 is 15.8 Å². The van der Waals surface area contributed by atoms with Gasteiger partial charge in [-0.25, -0.2) is 0 Å². The van der Waals surface area contributed by atoms with Crippen LogP contribution in [0.25, 0.3) is 0 Å². The molecule has 0 saturated heterocycles. The molecule has 0 saturated carbocycles. The highest BCUT2D eigenvalue weighted by Crippen LogP contribution is 2.22. The Labute approximate surface area is 124 Å². The van der Waals surface area contributed by atoms with Crippen LogP contribution >= 0.6 is 0 Å². The normalized spacial score (nSPS) is 10.2. The molecule has 0 unspecified atom stereocenters. The summed E-state index contributed by atoms with van der Waals surface area (Å²) in [6.45, 7) is 4.25. The number of nitrogens with two attached hydrogens (primary N) is 1. The summed E-state index contributed by atoms with van der Waals surface area (Å²) >= 11 is 0. The first-order chi connectivity index (χ1) is 10.1. The third-order valence-corrected chi connectivity index (χ3v) is 3.16. The molecule has 2 aromatic carbocycles. The molecule has 0 heterocycles. The van der Waals surface area contributed by atoms with Gasteiger partial charge in [-0.15, -0.1) is 0 Å². The van der Waals surface area contributed by atoms with Crippen molar-refractivity contribution in [2.24, 2.45) is 0 Å². The molecule has 0 aromatic heterocycles. The van der Waals surface area contributed by atoms with Crippen molar-refractivity contribution in [2.45, 2.75) is 20.3 Å². The van der Waals surface area contributed by atoms with Gasteiger partial charge in [-0.1, -0.05) is 24.3 Å². The molecule has 0 fully saturated rings. The van der Waals surface area contributed by atoms with Crippen LogP contribution in [0.1, 0.15) is 17.5 Å². The molecule has 0 aliphatic rings. The van der Waals surface area contributed by atoms with Crippen LogP contribution in [0.5, 0.6) is 5.75 Å². The number of hydrogen-bond donors (Lipinski definition) is 2. The number of hydrogen-bond acceptors (Lipinski definition) is 3. The zero-order chi connectivity index (χ0) is 15.2. The summed E-state index contributed by atoms with van der Waals surface area (Å²) in [5.74, 6) is 0.668. The van der Waals surface area contributed by atoms with Crippen molar-refractivity contribution in [3.8, 4) is 5.75 Å². The minimum atomic E-state index is -0.108. The Kier molecular flexibility index (Phi) is 4.82. The predicted molar refractivity (Wildman–Crippen MR) is 85.5 cm³/mol. The van der Waals surface area contributed by atoms with Gasteiger partial charge >= 0.3 is 0 Å². The molecular weight excluding hydrogens is 264 g/mol. The Bertz CT molecular complexity index is 618. The standard InChI is InChI=1S/C17H20N2O2/c1-12-5-3-7-14(11-12)21-10-9-16(20)19-17-13(2)6-4-8-15(17)18/h3-8,11H,9-10,18H2,1-2H3,(H,19,20). The van der Waals surface area contributed by atoms with Crippen LogP contribution in [0.2, 0.25) is 0 Å². The highest BCUT2D eigenvalue weighted by atomic mass is 16.5. The minimum Gasteiger partial charge on any atom is -0.493 e. The Balaban J connectivity index is 1.85. The Morgan fingerprint density at radius 3 is 2.67 bits per heavy atom. The van der Waals surface area contributed by atoms with E-state index in [1.807, 2.05) is 50.2 Å². The lowest BCUT2D eigenvalue weighted by atomic mass is 10.1. The number of nitrogen functional groups attached to an aromatic ring is 1. The van der Waals surface area contributed by atoms with Crippen LogP contribution in [-0.4, -0.2) is 12.5 Å². The number of nitrogens with one attached hydrogen (secondary N) is 1. The van der Waals surface area contributed by atoms with Crippen LogP contribution in [0.15, 0.2) is 42.5 Å². The first-order valence-electron chi connectivity index (χ1n) is 6.90. The second-order valence-corrected chi connectivity index (χ2v) is 5.00. The SMILES string of the molecule is Cc1cccc(OCCC(=O)Nc2c(C)cccc2N)c1. The summed E-state index contributed by atoms with van der Waals surface area (Å²) in [7, 11) is 0. The summed E-state index contributed by atoms with van der Waals surface area (Å²) in [5.41, 5.74) is 9.19. The van der Waals surface area contributed by atoms with Crippen molar-refractivity contribution in [3.63, 3.8) is 0 Å². The van der Waals surface area contributed by atoms with E-state index in [-0.39, 0.29) is 12.3 Å². The van der Waals surface area contributed by atoms with Gasteiger partial charge in [0.1, 0.15) is 5.75 Å². The largest absolute Gasteiger partial charge is 0.493 e. The Morgan fingerprint density at radius 2 is 1.95 bits per heavy atom. The molecule has 1 amide bonds. The number of ether oxygens (including phenoxy) is 1. The van der Waals surface area contributed by atoms with Crippen LogP contribution in [-0.2, 0) is 4.79 Å². The van der Waals surface area contributed by atoms with E-state index in [1.54, 1.807) is 6.07 Å². The molecule has 0 aliphatic heterocycles. The van der Waals surface area contributed by atoms with E-state index in [0.29, 0.717) is 18.0 Å². The van der Waals surface area contributed by atoms with Gasteiger partial charge in [-0.3, -0.25) is 4.79 Å². The molecule has 4 nitrogen and oxygen atoms in total. The van der Waals surface area contributed by atoms with Crippen molar-refractivity contribution in [1.29, 1.82) is 0 Å². The molecular formula is C17H20N2O2. The molecule has 4 heteroatoms. The topological polar surface area (TPSA) is 64.3 Å². The summed E-state index contributed by atoms with van der Waals surface area (Å²) in [5, 5.41) is 2.83. The van der Waals surface area contributed by atoms with E-state index in [9.17, 15) is 4.79 Å². The molecule has 0 aliphatic carbocycles. The molecule has 3 N–H and O–H groups in total. The fraction of sp³-hybridized carbons (Fsp3) is 0.235. The van der Waals surface area contributed by atoms with Gasteiger partial charge in [0.2, 0.25) is 5.91 Å². The number of aryl methyl sites for hydroxylation is 2. The number of benzene rings is 2. The quantitative estimate of drug-likeness (QED) is 0.828. The zero-order valence-electron chi connectivity index (χ0n) is 12.3. The maximum Gasteiger partial charge on any atom is 0.227 e. The first kappa shape index (κ1) is 14.9. The van der Waals surface area contributed by atoms with Gasteiger partial charge < -0.3 is 15.8 Å². The van der Waals surface area contributed by atoms with E-state index < -0.39 is 0 Å². The van der Waals surface area contributed by atoms with Gasteiger partial charge in [0, 0.05) is 0 Å². The smallest absolute Gasteiger partial charge is 0.227 e. The molecule has 0 atom stereocenters. The van der Waals surface area contributed by atoms with Crippen molar-refractivity contribution in [1.82, 2.24) is 0 Å². The second-order valence-electron chi connectivity index (χ2n) is 5.00. The summed E-state index contributed by atoms with van der Waals surface area (Å²) < 4.78 is 5.56. The number of para-hydroxylation sites is 1. The van der Waals surface area contributed by atoms with Crippen LogP contribution in [0, 0.1) is 13.8 Å². The van der Waals surface area contributed by atoms with Gasteiger partial charge in [-0.2, -0.15) is 0 Å². The van der Waals surface area contributed by atoms with Gasteiger partial charge in [0.05, 0.1) is 24.4 Å². The maximum absolute atomic E-state index is 11.9. The van der Waals surface area contributed by atoms with Gasteiger partial charge in [0.15, 0.2) is 0 Å². The number of amides is 1. The first-order valence-corrected chi connectivity index (χ1v) is 6.90. The lowest BCUT2D eigenvalue weighted by Gasteiger charge is -2.11. The number of anilines is 2. The molecule has 110 valence electrons. The average molecular weight is 284 g/mol. The van der Waals surface area contributed by atoms with Crippen molar-refractivity contribution >= 4 is 17.3 Å². The minimum absolute atomic E-state index is 0.108. The van der Waals surface area contributed by atoms with E-state index >= 15 is 0 Å². The Hall–Kier alpha value is -2.49.